The van der Waals surface area contributed by atoms with Crippen LogP contribution in [0.15, 0.2) is 72.8 Å². The lowest BCUT2D eigenvalue weighted by atomic mass is 10.0. The maximum absolute atomic E-state index is 13.3. The van der Waals surface area contributed by atoms with Crippen LogP contribution >= 0.6 is 11.6 Å². The monoisotopic (exact) mass is 376 g/mol. The Kier molecular flexibility index (Phi) is 4.87. The Morgan fingerprint density at radius 3 is 2.52 bits per heavy atom. The third-order valence-electron chi connectivity index (χ3n) is 4.84. The van der Waals surface area contributed by atoms with Crippen LogP contribution in [0.2, 0.25) is 5.02 Å². The van der Waals surface area contributed by atoms with Gasteiger partial charge in [0.25, 0.3) is 5.91 Å². The lowest BCUT2D eigenvalue weighted by molar-refractivity contribution is 0.0975. The van der Waals surface area contributed by atoms with Gasteiger partial charge in [0.2, 0.25) is 0 Å². The summed E-state index contributed by atoms with van der Waals surface area (Å²) >= 11 is 6.22. The average Bonchev–Trinajstić information content (AvgIpc) is 2.69. The first kappa shape index (κ1) is 17.6. The van der Waals surface area contributed by atoms with E-state index in [1.807, 2.05) is 65.6 Å². The first-order valence-electron chi connectivity index (χ1n) is 9.21. The van der Waals surface area contributed by atoms with Crippen molar-refractivity contribution in [1.29, 1.82) is 0 Å². The Hall–Kier alpha value is -2.78. The third-order valence-corrected chi connectivity index (χ3v) is 5.08. The number of carbonyl (C=O) groups is 1. The van der Waals surface area contributed by atoms with Crippen molar-refractivity contribution in [2.45, 2.75) is 25.9 Å². The van der Waals surface area contributed by atoms with E-state index in [0.29, 0.717) is 10.6 Å². The van der Waals surface area contributed by atoms with E-state index in [9.17, 15) is 4.79 Å². The smallest absolute Gasteiger partial charge is 0.262 e. The van der Waals surface area contributed by atoms with Gasteiger partial charge in [-0.1, -0.05) is 61.3 Å². The normalized spacial score (nSPS) is 16.0. The standard InChI is InChI=1S/C23H21ClN2O/c1-2-6-16-11-13-19(14-12-16)26-22(17-7-5-8-18(24)15-17)25-21-10-4-3-9-20(21)23(26)27/h3-5,7-15,22,25H,2,6H2,1H3. The fourth-order valence-electron chi connectivity index (χ4n) is 3.54. The molecule has 136 valence electrons. The van der Waals surface area contributed by atoms with E-state index in [1.165, 1.54) is 5.56 Å². The number of halogens is 1. The zero-order valence-electron chi connectivity index (χ0n) is 15.2. The highest BCUT2D eigenvalue weighted by Crippen LogP contribution is 2.37. The Bertz CT molecular complexity index is 968. The fourth-order valence-corrected chi connectivity index (χ4v) is 3.74. The molecule has 0 bridgehead atoms. The molecule has 1 aliphatic rings. The van der Waals surface area contributed by atoms with Crippen LogP contribution < -0.4 is 10.2 Å². The van der Waals surface area contributed by atoms with Crippen molar-refractivity contribution in [3.63, 3.8) is 0 Å². The molecule has 0 aromatic heterocycles. The fraction of sp³-hybridized carbons (Fsp3) is 0.174. The van der Waals surface area contributed by atoms with E-state index in [2.05, 4.69) is 24.4 Å². The van der Waals surface area contributed by atoms with Gasteiger partial charge in [0, 0.05) is 16.4 Å². The molecule has 3 aromatic carbocycles. The first-order chi connectivity index (χ1) is 13.2. The number of rotatable bonds is 4. The van der Waals surface area contributed by atoms with Gasteiger partial charge in [-0.05, 0) is 53.9 Å². The summed E-state index contributed by atoms with van der Waals surface area (Å²) in [4.78, 5) is 15.2. The van der Waals surface area contributed by atoms with Gasteiger partial charge in [-0.3, -0.25) is 9.69 Å². The Morgan fingerprint density at radius 2 is 1.78 bits per heavy atom. The van der Waals surface area contributed by atoms with Gasteiger partial charge in [-0.2, -0.15) is 0 Å². The molecule has 0 radical (unpaired) electrons. The van der Waals surface area contributed by atoms with Crippen LogP contribution in [0.25, 0.3) is 0 Å². The molecule has 1 heterocycles. The largest absolute Gasteiger partial charge is 0.360 e. The number of nitrogens with one attached hydrogen (secondary N) is 1. The molecule has 0 fully saturated rings. The van der Waals surface area contributed by atoms with Crippen molar-refractivity contribution < 1.29 is 4.79 Å². The maximum atomic E-state index is 13.3. The van der Waals surface area contributed by atoms with Crippen molar-refractivity contribution in [2.75, 3.05) is 10.2 Å². The van der Waals surface area contributed by atoms with E-state index in [-0.39, 0.29) is 12.1 Å². The van der Waals surface area contributed by atoms with Crippen LogP contribution in [-0.4, -0.2) is 5.91 Å². The average molecular weight is 377 g/mol. The molecule has 3 aromatic rings. The lowest BCUT2D eigenvalue weighted by Gasteiger charge is -2.38. The first-order valence-corrected chi connectivity index (χ1v) is 9.58. The number of benzene rings is 3. The second-order valence-electron chi connectivity index (χ2n) is 6.74. The molecule has 3 nitrogen and oxygen atoms in total. The second-order valence-corrected chi connectivity index (χ2v) is 7.18. The number of nitrogens with zero attached hydrogens (tertiary/aromatic N) is 1. The molecule has 1 aliphatic heterocycles. The van der Waals surface area contributed by atoms with Crippen molar-refractivity contribution in [1.82, 2.24) is 0 Å². The van der Waals surface area contributed by atoms with Crippen LogP contribution in [-0.2, 0) is 6.42 Å². The molecule has 0 saturated carbocycles. The van der Waals surface area contributed by atoms with Gasteiger partial charge in [-0.25, -0.2) is 0 Å². The zero-order valence-corrected chi connectivity index (χ0v) is 15.9. The molecular formula is C23H21ClN2O. The van der Waals surface area contributed by atoms with E-state index >= 15 is 0 Å². The summed E-state index contributed by atoms with van der Waals surface area (Å²) < 4.78 is 0. The predicted octanol–water partition coefficient (Wildman–Crippen LogP) is 6.06. The van der Waals surface area contributed by atoms with Crippen molar-refractivity contribution >= 4 is 28.9 Å². The van der Waals surface area contributed by atoms with Gasteiger partial charge in [0.05, 0.1) is 5.56 Å². The highest BCUT2D eigenvalue weighted by atomic mass is 35.5. The highest BCUT2D eigenvalue weighted by molar-refractivity contribution is 6.30. The number of aryl methyl sites for hydroxylation is 1. The number of anilines is 2. The summed E-state index contributed by atoms with van der Waals surface area (Å²) in [7, 11) is 0. The van der Waals surface area contributed by atoms with Crippen molar-refractivity contribution in [3.05, 3.63) is 94.5 Å². The number of hydrogen-bond acceptors (Lipinski definition) is 2. The molecular weight excluding hydrogens is 356 g/mol. The van der Waals surface area contributed by atoms with E-state index in [4.69, 9.17) is 11.6 Å². The Morgan fingerprint density at radius 1 is 1.00 bits per heavy atom. The Labute approximate surface area is 164 Å². The number of para-hydroxylation sites is 1. The van der Waals surface area contributed by atoms with Gasteiger partial charge in [0.1, 0.15) is 6.17 Å². The lowest BCUT2D eigenvalue weighted by Crippen LogP contribution is -2.43. The van der Waals surface area contributed by atoms with E-state index in [0.717, 1.165) is 29.8 Å². The molecule has 4 heteroatoms. The molecule has 1 amide bonds. The summed E-state index contributed by atoms with van der Waals surface area (Å²) in [6, 6.07) is 23.5. The molecule has 1 unspecified atom stereocenters. The van der Waals surface area contributed by atoms with Crippen LogP contribution in [0.3, 0.4) is 0 Å². The number of fused-ring (bicyclic) bond motifs is 1. The van der Waals surface area contributed by atoms with Crippen LogP contribution in [0, 0.1) is 0 Å². The summed E-state index contributed by atoms with van der Waals surface area (Å²) in [5.74, 6) is -0.0161. The predicted molar refractivity (Wildman–Crippen MR) is 112 cm³/mol. The minimum Gasteiger partial charge on any atom is -0.360 e. The SMILES string of the molecule is CCCc1ccc(N2C(=O)c3ccccc3NC2c2cccc(Cl)c2)cc1. The summed E-state index contributed by atoms with van der Waals surface area (Å²) in [5, 5.41) is 4.16. The Balaban J connectivity index is 1.80. The number of carbonyl (C=O) groups excluding carboxylic acids is 1. The highest BCUT2D eigenvalue weighted by Gasteiger charge is 2.33. The molecule has 27 heavy (non-hydrogen) atoms. The summed E-state index contributed by atoms with van der Waals surface area (Å²) in [6.07, 6.45) is 1.82. The molecule has 4 rings (SSSR count). The minimum absolute atomic E-state index is 0.0161. The van der Waals surface area contributed by atoms with Crippen LogP contribution in [0.5, 0.6) is 0 Å². The van der Waals surface area contributed by atoms with Gasteiger partial charge in [-0.15, -0.1) is 0 Å². The van der Waals surface area contributed by atoms with Crippen LogP contribution in [0.4, 0.5) is 11.4 Å². The van der Waals surface area contributed by atoms with Gasteiger partial charge in [0.15, 0.2) is 0 Å². The van der Waals surface area contributed by atoms with Crippen LogP contribution in [0.1, 0.15) is 41.0 Å². The summed E-state index contributed by atoms with van der Waals surface area (Å²) in [5.41, 5.74) is 4.60. The topological polar surface area (TPSA) is 32.3 Å². The van der Waals surface area contributed by atoms with Gasteiger partial charge < -0.3 is 5.32 Å². The van der Waals surface area contributed by atoms with Crippen molar-refractivity contribution in [3.8, 4) is 0 Å². The third kappa shape index (κ3) is 3.43. The molecule has 1 N–H and O–H groups in total. The number of hydrogen-bond donors (Lipinski definition) is 1. The minimum atomic E-state index is -0.317. The zero-order chi connectivity index (χ0) is 18.8. The molecule has 0 spiro atoms. The van der Waals surface area contributed by atoms with Gasteiger partial charge >= 0.3 is 0 Å². The molecule has 1 atom stereocenters. The summed E-state index contributed by atoms with van der Waals surface area (Å²) in [6.45, 7) is 2.16. The van der Waals surface area contributed by atoms with E-state index in [1.54, 1.807) is 0 Å². The number of amides is 1. The molecule has 0 aliphatic carbocycles. The second kappa shape index (κ2) is 7.45. The van der Waals surface area contributed by atoms with E-state index < -0.39 is 0 Å². The molecule has 0 saturated heterocycles. The maximum Gasteiger partial charge on any atom is 0.262 e. The quantitative estimate of drug-likeness (QED) is 0.599. The van der Waals surface area contributed by atoms with Crippen molar-refractivity contribution in [2.24, 2.45) is 0 Å².